The zero-order chi connectivity index (χ0) is 12.0. The summed E-state index contributed by atoms with van der Waals surface area (Å²) in [5, 5.41) is 19.8. The van der Waals surface area contributed by atoms with Crippen LogP contribution in [-0.2, 0) is 9.53 Å². The van der Waals surface area contributed by atoms with Crippen LogP contribution in [0.15, 0.2) is 0 Å². The van der Waals surface area contributed by atoms with Crippen LogP contribution in [0, 0.1) is 0 Å². The first-order chi connectivity index (χ1) is 7.63. The van der Waals surface area contributed by atoms with Gasteiger partial charge < -0.3 is 25.2 Å². The van der Waals surface area contributed by atoms with Gasteiger partial charge in [-0.2, -0.15) is 0 Å². The second kappa shape index (κ2) is 6.29. The number of rotatable bonds is 4. The number of nitrogens with one attached hydrogen (secondary N) is 1. The Hall–Kier alpha value is -1.34. The summed E-state index contributed by atoms with van der Waals surface area (Å²) in [6.07, 6.45) is -0.446. The van der Waals surface area contributed by atoms with E-state index in [1.165, 1.54) is 4.90 Å². The number of urea groups is 1. The molecule has 7 heteroatoms. The predicted molar refractivity (Wildman–Crippen MR) is 54.1 cm³/mol. The van der Waals surface area contributed by atoms with Crippen molar-refractivity contribution in [2.75, 3.05) is 32.8 Å². The fraction of sp³-hybridized carbons (Fsp3) is 0.778. The molecule has 0 aromatic carbocycles. The minimum Gasteiger partial charge on any atom is -0.481 e. The van der Waals surface area contributed by atoms with E-state index >= 15 is 0 Å². The second-order valence-electron chi connectivity index (χ2n) is 3.50. The number of ether oxygens (including phenoxy) is 1. The fourth-order valence-corrected chi connectivity index (χ4v) is 1.40. The van der Waals surface area contributed by atoms with Crippen LogP contribution in [0.5, 0.6) is 0 Å². The monoisotopic (exact) mass is 232 g/mol. The topological polar surface area (TPSA) is 99.1 Å². The van der Waals surface area contributed by atoms with Crippen LogP contribution in [0.25, 0.3) is 0 Å². The lowest BCUT2D eigenvalue weighted by Crippen LogP contribution is -2.50. The second-order valence-corrected chi connectivity index (χ2v) is 3.50. The molecule has 1 fully saturated rings. The molecule has 7 nitrogen and oxygen atoms in total. The Morgan fingerprint density at radius 2 is 2.25 bits per heavy atom. The highest BCUT2D eigenvalue weighted by atomic mass is 16.5. The van der Waals surface area contributed by atoms with Crippen molar-refractivity contribution in [1.82, 2.24) is 10.2 Å². The summed E-state index contributed by atoms with van der Waals surface area (Å²) >= 11 is 0. The molecular weight excluding hydrogens is 216 g/mol. The van der Waals surface area contributed by atoms with E-state index in [4.69, 9.17) is 14.9 Å². The molecule has 0 radical (unpaired) electrons. The number of hydrogen-bond donors (Lipinski definition) is 3. The Kier molecular flexibility index (Phi) is 5.00. The van der Waals surface area contributed by atoms with Gasteiger partial charge in [0.2, 0.25) is 0 Å². The Bertz CT molecular complexity index is 258. The molecule has 1 atom stereocenters. The zero-order valence-corrected chi connectivity index (χ0v) is 8.89. The van der Waals surface area contributed by atoms with Crippen LogP contribution in [0.1, 0.15) is 6.42 Å². The zero-order valence-electron chi connectivity index (χ0n) is 8.89. The van der Waals surface area contributed by atoms with Crippen molar-refractivity contribution in [1.29, 1.82) is 0 Å². The molecule has 1 aliphatic heterocycles. The first-order valence-corrected chi connectivity index (χ1v) is 5.10. The quantitative estimate of drug-likeness (QED) is 0.569. The fourth-order valence-electron chi connectivity index (χ4n) is 1.40. The van der Waals surface area contributed by atoms with Crippen LogP contribution in [0.3, 0.4) is 0 Å². The molecule has 92 valence electrons. The summed E-state index contributed by atoms with van der Waals surface area (Å²) in [5.74, 6) is -0.949. The van der Waals surface area contributed by atoms with Crippen molar-refractivity contribution >= 4 is 12.0 Å². The summed E-state index contributed by atoms with van der Waals surface area (Å²) in [6, 6.07) is -0.317. The van der Waals surface area contributed by atoms with Gasteiger partial charge in [0.1, 0.15) is 0 Å². The van der Waals surface area contributed by atoms with Crippen molar-refractivity contribution < 1.29 is 24.5 Å². The molecule has 0 aromatic rings. The maximum Gasteiger partial charge on any atom is 0.317 e. The van der Waals surface area contributed by atoms with Crippen molar-refractivity contribution in [3.63, 3.8) is 0 Å². The normalized spacial score (nSPS) is 20.6. The Morgan fingerprint density at radius 1 is 1.50 bits per heavy atom. The van der Waals surface area contributed by atoms with Crippen LogP contribution in [0.4, 0.5) is 4.79 Å². The first kappa shape index (κ1) is 12.7. The highest BCUT2D eigenvalue weighted by Gasteiger charge is 2.23. The Balaban J connectivity index is 2.27. The van der Waals surface area contributed by atoms with Crippen LogP contribution >= 0.6 is 0 Å². The molecule has 0 saturated carbocycles. The van der Waals surface area contributed by atoms with E-state index in [2.05, 4.69) is 5.32 Å². The van der Waals surface area contributed by atoms with Gasteiger partial charge in [-0.05, 0) is 0 Å². The molecule has 3 N–H and O–H groups in total. The van der Waals surface area contributed by atoms with Crippen LogP contribution < -0.4 is 5.32 Å². The number of aliphatic carboxylic acids is 1. The third kappa shape index (κ3) is 4.03. The average molecular weight is 232 g/mol. The molecule has 1 unspecified atom stereocenters. The van der Waals surface area contributed by atoms with Crippen LogP contribution in [0.2, 0.25) is 0 Å². The molecule has 0 spiro atoms. The van der Waals surface area contributed by atoms with E-state index in [-0.39, 0.29) is 31.7 Å². The molecule has 0 aromatic heterocycles. The van der Waals surface area contributed by atoms with Gasteiger partial charge in [-0.3, -0.25) is 4.79 Å². The molecule has 1 heterocycles. The molecule has 0 bridgehead atoms. The maximum absolute atomic E-state index is 11.5. The minimum absolute atomic E-state index is 0.0977. The summed E-state index contributed by atoms with van der Waals surface area (Å²) in [7, 11) is 0. The standard InChI is InChI=1S/C9H16N2O5/c12-6-7-5-11(3-4-16-7)9(15)10-2-1-8(13)14/h7,12H,1-6H2,(H,10,15)(H,13,14). The number of hydrogen-bond acceptors (Lipinski definition) is 4. The third-order valence-corrected chi connectivity index (χ3v) is 2.24. The Morgan fingerprint density at radius 3 is 2.88 bits per heavy atom. The van der Waals surface area contributed by atoms with Crippen molar-refractivity contribution in [3.8, 4) is 0 Å². The SMILES string of the molecule is O=C(O)CCNC(=O)N1CCOC(CO)C1. The van der Waals surface area contributed by atoms with E-state index in [0.29, 0.717) is 19.7 Å². The van der Waals surface area contributed by atoms with Gasteiger partial charge in [0.15, 0.2) is 0 Å². The number of morpholine rings is 1. The number of amides is 2. The lowest BCUT2D eigenvalue weighted by Gasteiger charge is -2.31. The number of nitrogens with zero attached hydrogens (tertiary/aromatic N) is 1. The number of aliphatic hydroxyl groups excluding tert-OH is 1. The van der Waals surface area contributed by atoms with Crippen molar-refractivity contribution in [2.24, 2.45) is 0 Å². The van der Waals surface area contributed by atoms with Gasteiger partial charge in [0, 0.05) is 13.1 Å². The number of aliphatic hydroxyl groups is 1. The first-order valence-electron chi connectivity index (χ1n) is 5.10. The van der Waals surface area contributed by atoms with Crippen molar-refractivity contribution in [3.05, 3.63) is 0 Å². The van der Waals surface area contributed by atoms with E-state index in [0.717, 1.165) is 0 Å². The van der Waals surface area contributed by atoms with E-state index in [1.54, 1.807) is 0 Å². The molecule has 1 rings (SSSR count). The average Bonchev–Trinajstić information content (AvgIpc) is 2.28. The van der Waals surface area contributed by atoms with E-state index in [9.17, 15) is 9.59 Å². The maximum atomic E-state index is 11.5. The largest absolute Gasteiger partial charge is 0.481 e. The molecule has 0 aliphatic carbocycles. The highest BCUT2D eigenvalue weighted by Crippen LogP contribution is 2.04. The van der Waals surface area contributed by atoms with Gasteiger partial charge in [0.05, 0.1) is 32.3 Å². The van der Waals surface area contributed by atoms with Gasteiger partial charge in [-0.15, -0.1) is 0 Å². The van der Waals surface area contributed by atoms with Gasteiger partial charge in [-0.1, -0.05) is 0 Å². The third-order valence-electron chi connectivity index (χ3n) is 2.24. The summed E-state index contributed by atoms with van der Waals surface area (Å²) in [4.78, 5) is 23.3. The summed E-state index contributed by atoms with van der Waals surface area (Å²) < 4.78 is 5.18. The lowest BCUT2D eigenvalue weighted by atomic mass is 10.3. The number of carbonyl (C=O) groups excluding carboxylic acids is 1. The Labute approximate surface area is 93.0 Å². The smallest absolute Gasteiger partial charge is 0.317 e. The van der Waals surface area contributed by atoms with Gasteiger partial charge in [0.25, 0.3) is 0 Å². The summed E-state index contributed by atoms with van der Waals surface area (Å²) in [6.45, 7) is 1.15. The molecule has 1 aliphatic rings. The number of carboxylic acids is 1. The van der Waals surface area contributed by atoms with Gasteiger partial charge >= 0.3 is 12.0 Å². The summed E-state index contributed by atoms with van der Waals surface area (Å²) in [5.41, 5.74) is 0. The molecule has 1 saturated heterocycles. The molecule has 16 heavy (non-hydrogen) atoms. The minimum atomic E-state index is -0.949. The van der Waals surface area contributed by atoms with Crippen molar-refractivity contribution in [2.45, 2.75) is 12.5 Å². The molecule has 2 amide bonds. The molecular formula is C9H16N2O5. The van der Waals surface area contributed by atoms with Crippen LogP contribution in [-0.4, -0.2) is 66.1 Å². The number of carboxylic acid groups (broad SMARTS) is 1. The highest BCUT2D eigenvalue weighted by molar-refractivity contribution is 5.75. The number of carbonyl (C=O) groups is 2. The van der Waals surface area contributed by atoms with Gasteiger partial charge in [-0.25, -0.2) is 4.79 Å². The van der Waals surface area contributed by atoms with E-state index < -0.39 is 5.97 Å². The lowest BCUT2D eigenvalue weighted by molar-refractivity contribution is -0.136. The van der Waals surface area contributed by atoms with E-state index in [1.807, 2.05) is 0 Å². The predicted octanol–water partition coefficient (Wildman–Crippen LogP) is -1.14.